The molecule has 6 nitrogen and oxygen atoms in total. The minimum Gasteiger partial charge on any atom is -0.376 e. The van der Waals surface area contributed by atoms with Crippen molar-refractivity contribution in [2.24, 2.45) is 0 Å². The van der Waals surface area contributed by atoms with Gasteiger partial charge in [-0.2, -0.15) is 0 Å². The highest BCUT2D eigenvalue weighted by molar-refractivity contribution is 8.01. The van der Waals surface area contributed by atoms with Gasteiger partial charge in [0.1, 0.15) is 0 Å². The average molecular weight is 274 g/mol. The van der Waals surface area contributed by atoms with E-state index in [0.717, 1.165) is 23.8 Å². The number of amides is 1. The van der Waals surface area contributed by atoms with Crippen LogP contribution in [0.5, 0.6) is 0 Å². The molecule has 1 atom stereocenters. The summed E-state index contributed by atoms with van der Waals surface area (Å²) >= 11 is 2.63. The monoisotopic (exact) mass is 274 g/mol. The van der Waals surface area contributed by atoms with E-state index in [0.29, 0.717) is 17.4 Å². The Hall–Kier alpha value is -0.860. The molecule has 1 aliphatic rings. The van der Waals surface area contributed by atoms with Crippen LogP contribution in [0, 0.1) is 0 Å². The van der Waals surface area contributed by atoms with Crippen LogP contribution in [0.15, 0.2) is 4.34 Å². The highest BCUT2D eigenvalue weighted by Crippen LogP contribution is 2.22. The Balaban J connectivity index is 1.63. The molecule has 1 aromatic heterocycles. The van der Waals surface area contributed by atoms with Crippen LogP contribution in [-0.4, -0.2) is 41.1 Å². The van der Waals surface area contributed by atoms with Gasteiger partial charge in [-0.15, -0.1) is 10.2 Å². The second-order valence-corrected chi connectivity index (χ2v) is 5.87. The Kier molecular flexibility index (Phi) is 4.57. The van der Waals surface area contributed by atoms with Crippen LogP contribution in [0.4, 0.5) is 5.13 Å². The van der Waals surface area contributed by atoms with E-state index >= 15 is 0 Å². The van der Waals surface area contributed by atoms with E-state index in [-0.39, 0.29) is 12.0 Å². The first-order valence-electron chi connectivity index (χ1n) is 5.34. The lowest BCUT2D eigenvalue weighted by molar-refractivity contribution is -0.119. The number of thioether (sulfide) groups is 1. The Morgan fingerprint density at radius 1 is 1.65 bits per heavy atom. The number of nitrogen functional groups attached to an aromatic ring is 1. The fourth-order valence-corrected chi connectivity index (χ4v) is 2.96. The molecule has 1 amide bonds. The van der Waals surface area contributed by atoms with Crippen molar-refractivity contribution in [2.45, 2.75) is 23.3 Å². The predicted molar refractivity (Wildman–Crippen MR) is 67.0 cm³/mol. The standard InChI is InChI=1S/C9H14N4O2S2/c10-8-12-13-9(17-8)16-5-7(14)11-4-6-2-1-3-15-6/h6H,1-5H2,(H2,10,12)(H,11,14)/t6-/m1/s1. The number of hydrogen-bond donors (Lipinski definition) is 2. The highest BCUT2D eigenvalue weighted by Gasteiger charge is 2.16. The third kappa shape index (κ3) is 4.14. The molecule has 1 aromatic rings. The van der Waals surface area contributed by atoms with E-state index in [1.54, 1.807) is 0 Å². The van der Waals surface area contributed by atoms with Crippen LogP contribution >= 0.6 is 23.1 Å². The molecule has 17 heavy (non-hydrogen) atoms. The fourth-order valence-electron chi connectivity index (χ4n) is 1.49. The lowest BCUT2D eigenvalue weighted by Crippen LogP contribution is -2.32. The number of nitrogens with one attached hydrogen (secondary N) is 1. The number of carbonyl (C=O) groups excluding carboxylic acids is 1. The third-order valence-corrected chi connectivity index (χ3v) is 4.19. The summed E-state index contributed by atoms with van der Waals surface area (Å²) in [7, 11) is 0. The van der Waals surface area contributed by atoms with Crippen molar-refractivity contribution in [2.75, 3.05) is 24.6 Å². The van der Waals surface area contributed by atoms with Gasteiger partial charge in [0.15, 0.2) is 4.34 Å². The smallest absolute Gasteiger partial charge is 0.230 e. The third-order valence-electron chi connectivity index (χ3n) is 2.30. The van der Waals surface area contributed by atoms with Gasteiger partial charge in [-0.05, 0) is 12.8 Å². The van der Waals surface area contributed by atoms with Crippen molar-refractivity contribution in [1.29, 1.82) is 0 Å². The van der Waals surface area contributed by atoms with Crippen molar-refractivity contribution in [1.82, 2.24) is 15.5 Å². The SMILES string of the molecule is Nc1nnc(SCC(=O)NC[C@H]2CCCO2)s1. The van der Waals surface area contributed by atoms with Gasteiger partial charge < -0.3 is 15.8 Å². The minimum atomic E-state index is -0.0146. The maximum absolute atomic E-state index is 11.5. The Bertz CT molecular complexity index is 379. The van der Waals surface area contributed by atoms with Crippen LogP contribution in [0.2, 0.25) is 0 Å². The molecule has 1 fully saturated rings. The number of carbonyl (C=O) groups is 1. The Labute approximate surface area is 107 Å². The normalized spacial score (nSPS) is 19.4. The molecule has 1 aliphatic heterocycles. The quantitative estimate of drug-likeness (QED) is 0.760. The van der Waals surface area contributed by atoms with Gasteiger partial charge in [-0.3, -0.25) is 4.79 Å². The lowest BCUT2D eigenvalue weighted by Gasteiger charge is -2.09. The second kappa shape index (κ2) is 6.18. The molecule has 0 aromatic carbocycles. The average Bonchev–Trinajstić information content (AvgIpc) is 2.95. The van der Waals surface area contributed by atoms with Gasteiger partial charge in [0.2, 0.25) is 11.0 Å². The highest BCUT2D eigenvalue weighted by atomic mass is 32.2. The molecular weight excluding hydrogens is 260 g/mol. The van der Waals surface area contributed by atoms with Crippen molar-refractivity contribution < 1.29 is 9.53 Å². The van der Waals surface area contributed by atoms with Gasteiger partial charge in [0.05, 0.1) is 11.9 Å². The predicted octanol–water partition coefficient (Wildman–Crippen LogP) is 0.508. The lowest BCUT2D eigenvalue weighted by atomic mass is 10.2. The first-order valence-corrected chi connectivity index (χ1v) is 7.14. The number of anilines is 1. The Morgan fingerprint density at radius 3 is 3.18 bits per heavy atom. The largest absolute Gasteiger partial charge is 0.376 e. The number of rotatable bonds is 5. The van der Waals surface area contributed by atoms with E-state index in [9.17, 15) is 4.79 Å². The topological polar surface area (TPSA) is 90.1 Å². The zero-order valence-electron chi connectivity index (χ0n) is 9.22. The summed E-state index contributed by atoms with van der Waals surface area (Å²) < 4.78 is 6.13. The maximum atomic E-state index is 11.5. The molecule has 2 heterocycles. The van der Waals surface area contributed by atoms with E-state index in [4.69, 9.17) is 10.5 Å². The molecule has 2 rings (SSSR count). The van der Waals surface area contributed by atoms with Gasteiger partial charge in [0.25, 0.3) is 0 Å². The minimum absolute atomic E-state index is 0.0146. The summed E-state index contributed by atoms with van der Waals surface area (Å²) in [5.41, 5.74) is 5.44. The van der Waals surface area contributed by atoms with Gasteiger partial charge >= 0.3 is 0 Å². The van der Waals surface area contributed by atoms with Crippen LogP contribution < -0.4 is 11.1 Å². The summed E-state index contributed by atoms with van der Waals surface area (Å²) in [5, 5.41) is 10.8. The molecule has 0 saturated carbocycles. The molecule has 3 N–H and O–H groups in total. The molecule has 0 radical (unpaired) electrons. The zero-order valence-corrected chi connectivity index (χ0v) is 10.9. The summed E-state index contributed by atoms with van der Waals surface area (Å²) in [4.78, 5) is 11.5. The molecule has 1 saturated heterocycles. The second-order valence-electron chi connectivity index (χ2n) is 3.63. The van der Waals surface area contributed by atoms with Crippen LogP contribution in [0.3, 0.4) is 0 Å². The zero-order chi connectivity index (χ0) is 12.1. The summed E-state index contributed by atoms with van der Waals surface area (Å²) in [5.74, 6) is 0.320. The van der Waals surface area contributed by atoms with Crippen LogP contribution in [-0.2, 0) is 9.53 Å². The van der Waals surface area contributed by atoms with E-state index < -0.39 is 0 Å². The number of nitrogens with two attached hydrogens (primary N) is 1. The number of ether oxygens (including phenoxy) is 1. The number of hydrogen-bond acceptors (Lipinski definition) is 7. The van der Waals surface area contributed by atoms with Crippen LogP contribution in [0.1, 0.15) is 12.8 Å². The first kappa shape index (κ1) is 12.6. The fraction of sp³-hybridized carbons (Fsp3) is 0.667. The van der Waals surface area contributed by atoms with Crippen molar-refractivity contribution in [3.05, 3.63) is 0 Å². The van der Waals surface area contributed by atoms with Gasteiger partial charge in [-0.25, -0.2) is 0 Å². The van der Waals surface area contributed by atoms with E-state index in [2.05, 4.69) is 15.5 Å². The molecule has 0 unspecified atom stereocenters. The van der Waals surface area contributed by atoms with E-state index in [1.165, 1.54) is 23.1 Å². The van der Waals surface area contributed by atoms with Gasteiger partial charge in [-0.1, -0.05) is 23.1 Å². The number of nitrogens with zero attached hydrogens (tertiary/aromatic N) is 2. The first-order chi connectivity index (χ1) is 8.24. The van der Waals surface area contributed by atoms with Crippen molar-refractivity contribution in [3.8, 4) is 0 Å². The molecule has 8 heteroatoms. The summed E-state index contributed by atoms with van der Waals surface area (Å²) in [6.45, 7) is 1.40. The molecule has 94 valence electrons. The molecule has 0 aliphatic carbocycles. The Morgan fingerprint density at radius 2 is 2.53 bits per heavy atom. The number of aromatic nitrogens is 2. The van der Waals surface area contributed by atoms with Crippen molar-refractivity contribution >= 4 is 34.1 Å². The summed E-state index contributed by atoms with van der Waals surface area (Å²) in [6.07, 6.45) is 2.29. The maximum Gasteiger partial charge on any atom is 0.230 e. The van der Waals surface area contributed by atoms with E-state index in [1.807, 2.05) is 0 Å². The molecule has 0 spiro atoms. The molecular formula is C9H14N4O2S2. The summed E-state index contributed by atoms with van der Waals surface area (Å²) in [6, 6.07) is 0. The molecule has 0 bridgehead atoms. The van der Waals surface area contributed by atoms with Crippen molar-refractivity contribution in [3.63, 3.8) is 0 Å². The van der Waals surface area contributed by atoms with Crippen LogP contribution in [0.25, 0.3) is 0 Å². The van der Waals surface area contributed by atoms with Gasteiger partial charge in [0, 0.05) is 13.2 Å².